The Morgan fingerprint density at radius 3 is 2.60 bits per heavy atom. The van der Waals surface area contributed by atoms with Gasteiger partial charge in [-0.3, -0.25) is 0 Å². The second-order valence-corrected chi connectivity index (χ2v) is 5.55. The number of primary amides is 1. The van der Waals surface area contributed by atoms with Gasteiger partial charge in [0.2, 0.25) is 0 Å². The molecule has 0 heterocycles. The van der Waals surface area contributed by atoms with Gasteiger partial charge in [-0.05, 0) is 62.3 Å². The van der Waals surface area contributed by atoms with Crippen LogP contribution in [-0.2, 0) is 11.2 Å². The highest BCUT2D eigenvalue weighted by atomic mass is 16.6. The van der Waals surface area contributed by atoms with Crippen LogP contribution in [0.1, 0.15) is 43.7 Å². The van der Waals surface area contributed by atoms with Crippen LogP contribution in [0.4, 0.5) is 10.5 Å². The fraction of sp³-hybridized carbons (Fsp3) is 0.562. The minimum absolute atomic E-state index is 0.00486. The van der Waals surface area contributed by atoms with Crippen molar-refractivity contribution in [2.24, 2.45) is 5.73 Å². The third-order valence-corrected chi connectivity index (χ3v) is 4.05. The van der Waals surface area contributed by atoms with Crippen LogP contribution in [0.2, 0.25) is 0 Å². The van der Waals surface area contributed by atoms with Gasteiger partial charge >= 0.3 is 6.09 Å². The smallest absolute Gasteiger partial charge is 0.404 e. The summed E-state index contributed by atoms with van der Waals surface area (Å²) in [5, 5.41) is 3.58. The summed E-state index contributed by atoms with van der Waals surface area (Å²) in [5.41, 5.74) is 8.96. The molecule has 1 amide bonds. The third kappa shape index (κ3) is 3.89. The van der Waals surface area contributed by atoms with Crippen LogP contribution in [-0.4, -0.2) is 18.2 Å². The van der Waals surface area contributed by atoms with Crippen molar-refractivity contribution < 1.29 is 9.53 Å². The summed E-state index contributed by atoms with van der Waals surface area (Å²) >= 11 is 0. The van der Waals surface area contributed by atoms with Crippen LogP contribution in [0.15, 0.2) is 18.2 Å². The number of amides is 1. The first-order valence-corrected chi connectivity index (χ1v) is 7.40. The average molecular weight is 276 g/mol. The molecule has 1 fully saturated rings. The van der Waals surface area contributed by atoms with E-state index in [0.717, 1.165) is 32.1 Å². The topological polar surface area (TPSA) is 64.3 Å². The van der Waals surface area contributed by atoms with Crippen molar-refractivity contribution in [2.45, 2.75) is 58.1 Å². The maximum Gasteiger partial charge on any atom is 0.404 e. The number of carbonyl (C=O) groups is 1. The zero-order valence-corrected chi connectivity index (χ0v) is 12.3. The van der Waals surface area contributed by atoms with E-state index >= 15 is 0 Å². The molecule has 0 aliphatic heterocycles. The first-order chi connectivity index (χ1) is 9.58. The molecule has 0 radical (unpaired) electrons. The van der Waals surface area contributed by atoms with Crippen LogP contribution in [0, 0.1) is 6.92 Å². The Kier molecular flexibility index (Phi) is 4.88. The van der Waals surface area contributed by atoms with Crippen molar-refractivity contribution in [3.8, 4) is 0 Å². The molecule has 20 heavy (non-hydrogen) atoms. The van der Waals surface area contributed by atoms with Crippen molar-refractivity contribution in [1.82, 2.24) is 0 Å². The number of hydrogen-bond acceptors (Lipinski definition) is 3. The van der Waals surface area contributed by atoms with E-state index in [2.05, 4.69) is 37.4 Å². The van der Waals surface area contributed by atoms with Gasteiger partial charge in [0, 0.05) is 11.7 Å². The molecular weight excluding hydrogens is 252 g/mol. The van der Waals surface area contributed by atoms with Crippen LogP contribution in [0.25, 0.3) is 0 Å². The zero-order chi connectivity index (χ0) is 14.5. The van der Waals surface area contributed by atoms with Gasteiger partial charge in [0.05, 0.1) is 0 Å². The quantitative estimate of drug-likeness (QED) is 0.886. The van der Waals surface area contributed by atoms with E-state index in [9.17, 15) is 4.79 Å². The Morgan fingerprint density at radius 1 is 1.35 bits per heavy atom. The van der Waals surface area contributed by atoms with Gasteiger partial charge in [-0.25, -0.2) is 4.79 Å². The first-order valence-electron chi connectivity index (χ1n) is 7.40. The third-order valence-electron chi connectivity index (χ3n) is 4.05. The van der Waals surface area contributed by atoms with E-state index in [1.54, 1.807) is 0 Å². The predicted molar refractivity (Wildman–Crippen MR) is 80.9 cm³/mol. The highest BCUT2D eigenvalue weighted by Crippen LogP contribution is 2.25. The summed E-state index contributed by atoms with van der Waals surface area (Å²) in [6.45, 7) is 4.33. The SMILES string of the molecule is CCc1ccc(NC2CCC(OC(N)=O)CC2)cc1C. The largest absolute Gasteiger partial charge is 0.446 e. The molecule has 0 bridgehead atoms. The number of nitrogens with one attached hydrogen (secondary N) is 1. The van der Waals surface area contributed by atoms with Crippen molar-refractivity contribution in [1.29, 1.82) is 0 Å². The van der Waals surface area contributed by atoms with Gasteiger partial charge in [0.15, 0.2) is 0 Å². The fourth-order valence-electron chi connectivity index (χ4n) is 2.91. The van der Waals surface area contributed by atoms with Crippen LogP contribution >= 0.6 is 0 Å². The zero-order valence-electron chi connectivity index (χ0n) is 12.3. The molecule has 1 aromatic carbocycles. The maximum absolute atomic E-state index is 10.7. The van der Waals surface area contributed by atoms with Crippen LogP contribution in [0.5, 0.6) is 0 Å². The van der Waals surface area contributed by atoms with E-state index in [4.69, 9.17) is 10.5 Å². The molecule has 1 saturated carbocycles. The van der Waals surface area contributed by atoms with Crippen molar-refractivity contribution in [3.05, 3.63) is 29.3 Å². The summed E-state index contributed by atoms with van der Waals surface area (Å²) in [5.74, 6) is 0. The normalized spacial score (nSPS) is 22.3. The number of anilines is 1. The molecule has 0 saturated heterocycles. The second kappa shape index (κ2) is 6.64. The van der Waals surface area contributed by atoms with Crippen molar-refractivity contribution in [2.75, 3.05) is 5.32 Å². The minimum Gasteiger partial charge on any atom is -0.446 e. The van der Waals surface area contributed by atoms with E-state index in [1.165, 1.54) is 16.8 Å². The van der Waals surface area contributed by atoms with Gasteiger partial charge in [0.1, 0.15) is 6.10 Å². The van der Waals surface area contributed by atoms with Crippen molar-refractivity contribution in [3.63, 3.8) is 0 Å². The molecule has 1 aliphatic rings. The summed E-state index contributed by atoms with van der Waals surface area (Å²) < 4.78 is 5.05. The van der Waals surface area contributed by atoms with Gasteiger partial charge in [-0.1, -0.05) is 13.0 Å². The van der Waals surface area contributed by atoms with E-state index in [1.807, 2.05) is 0 Å². The van der Waals surface area contributed by atoms with Gasteiger partial charge in [-0.2, -0.15) is 0 Å². The molecule has 4 nitrogen and oxygen atoms in total. The van der Waals surface area contributed by atoms with Gasteiger partial charge in [-0.15, -0.1) is 0 Å². The molecule has 1 aromatic rings. The first kappa shape index (κ1) is 14.7. The Balaban J connectivity index is 1.86. The highest BCUT2D eigenvalue weighted by molar-refractivity contribution is 5.64. The molecule has 4 heteroatoms. The lowest BCUT2D eigenvalue weighted by molar-refractivity contribution is 0.0806. The summed E-state index contributed by atoms with van der Waals surface area (Å²) in [4.78, 5) is 10.7. The number of aryl methyl sites for hydroxylation is 2. The Hall–Kier alpha value is -1.71. The Bertz CT molecular complexity index is 466. The number of carbonyl (C=O) groups excluding carboxylic acids is 1. The molecule has 0 spiro atoms. The van der Waals surface area contributed by atoms with E-state index in [-0.39, 0.29) is 6.10 Å². The number of rotatable bonds is 4. The molecular formula is C16H24N2O2. The second-order valence-electron chi connectivity index (χ2n) is 5.55. The average Bonchev–Trinajstić information content (AvgIpc) is 2.41. The fourth-order valence-corrected chi connectivity index (χ4v) is 2.91. The molecule has 2 rings (SSSR count). The number of ether oxygens (including phenoxy) is 1. The lowest BCUT2D eigenvalue weighted by Crippen LogP contribution is -2.32. The van der Waals surface area contributed by atoms with E-state index < -0.39 is 6.09 Å². The van der Waals surface area contributed by atoms with Crippen LogP contribution in [0.3, 0.4) is 0 Å². The molecule has 0 aromatic heterocycles. The summed E-state index contributed by atoms with van der Waals surface area (Å²) in [6.07, 6.45) is 4.18. The summed E-state index contributed by atoms with van der Waals surface area (Å²) in [7, 11) is 0. The van der Waals surface area contributed by atoms with Gasteiger partial charge < -0.3 is 15.8 Å². The Morgan fingerprint density at radius 2 is 2.05 bits per heavy atom. The van der Waals surface area contributed by atoms with E-state index in [0.29, 0.717) is 6.04 Å². The highest BCUT2D eigenvalue weighted by Gasteiger charge is 2.23. The molecule has 110 valence electrons. The Labute approximate surface area is 120 Å². The minimum atomic E-state index is -0.660. The van der Waals surface area contributed by atoms with Crippen molar-refractivity contribution >= 4 is 11.8 Å². The monoisotopic (exact) mass is 276 g/mol. The number of nitrogens with two attached hydrogens (primary N) is 1. The maximum atomic E-state index is 10.7. The lowest BCUT2D eigenvalue weighted by atomic mass is 9.92. The number of hydrogen-bond donors (Lipinski definition) is 2. The molecule has 1 aliphatic carbocycles. The standard InChI is InChI=1S/C16H24N2O2/c1-3-12-4-5-14(10-11(12)2)18-13-6-8-15(9-7-13)20-16(17)19/h4-5,10,13,15,18H,3,6-9H2,1-2H3,(H2,17,19). The molecule has 3 N–H and O–H groups in total. The molecule has 0 unspecified atom stereocenters. The predicted octanol–water partition coefficient (Wildman–Crippen LogP) is 3.38. The van der Waals surface area contributed by atoms with Gasteiger partial charge in [0.25, 0.3) is 0 Å². The summed E-state index contributed by atoms with van der Waals surface area (Å²) in [6, 6.07) is 7.01. The number of benzene rings is 1. The van der Waals surface area contributed by atoms with Crippen LogP contribution < -0.4 is 11.1 Å². The lowest BCUT2D eigenvalue weighted by Gasteiger charge is -2.29. The molecule has 0 atom stereocenters.